The number of nitrogens with zero attached hydrogens (tertiary/aromatic N) is 4. The molecule has 5 rings (SSSR count). The van der Waals surface area contributed by atoms with Crippen LogP contribution in [-0.2, 0) is 0 Å². The zero-order valence-corrected chi connectivity index (χ0v) is 18.8. The monoisotopic (exact) mass is 453 g/mol. The summed E-state index contributed by atoms with van der Waals surface area (Å²) in [4.78, 5) is 8.92. The van der Waals surface area contributed by atoms with E-state index in [0.29, 0.717) is 34.1 Å². The highest BCUT2D eigenvalue weighted by Gasteiger charge is 2.16. The fourth-order valence-corrected chi connectivity index (χ4v) is 3.97. The summed E-state index contributed by atoms with van der Waals surface area (Å²) in [6, 6.07) is 14.2. The average molecular weight is 453 g/mol. The number of ether oxygens (including phenoxy) is 1. The highest BCUT2D eigenvalue weighted by molar-refractivity contribution is 5.80. The molecule has 0 aliphatic heterocycles. The fraction of sp³-hybridized carbons (Fsp3) is 0.115. The summed E-state index contributed by atoms with van der Waals surface area (Å²) < 4.78 is 26.5. The van der Waals surface area contributed by atoms with Gasteiger partial charge in [-0.1, -0.05) is 0 Å². The van der Waals surface area contributed by atoms with Crippen LogP contribution in [0.5, 0.6) is 5.75 Å². The van der Waals surface area contributed by atoms with Gasteiger partial charge in [0.05, 0.1) is 35.3 Å². The van der Waals surface area contributed by atoms with E-state index < -0.39 is 0 Å². The second-order valence-corrected chi connectivity index (χ2v) is 7.88. The summed E-state index contributed by atoms with van der Waals surface area (Å²) in [6.45, 7) is 3.71. The predicted molar refractivity (Wildman–Crippen MR) is 127 cm³/mol. The average Bonchev–Trinajstić information content (AvgIpc) is 3.45. The molecular formula is C26H20FN5O2. The molecule has 0 unspecified atom stereocenters. The number of halogens is 1. The number of fused-ring (bicyclic) bond motifs is 1. The molecule has 168 valence electrons. The molecule has 0 amide bonds. The lowest BCUT2D eigenvalue weighted by atomic mass is 10.1. The minimum absolute atomic E-state index is 0.294. The van der Waals surface area contributed by atoms with Crippen LogP contribution >= 0.6 is 0 Å². The van der Waals surface area contributed by atoms with Gasteiger partial charge in [-0.05, 0) is 55.8 Å². The van der Waals surface area contributed by atoms with E-state index in [-0.39, 0.29) is 5.82 Å². The minimum atomic E-state index is -0.294. The van der Waals surface area contributed by atoms with Crippen LogP contribution in [0, 0.1) is 31.0 Å². The first-order valence-electron chi connectivity index (χ1n) is 10.5. The maximum Gasteiger partial charge on any atom is 0.181 e. The second kappa shape index (κ2) is 8.37. The van der Waals surface area contributed by atoms with Crippen molar-refractivity contribution in [2.45, 2.75) is 13.8 Å². The molecule has 0 radical (unpaired) electrons. The van der Waals surface area contributed by atoms with E-state index in [9.17, 15) is 9.65 Å². The van der Waals surface area contributed by atoms with Gasteiger partial charge in [0, 0.05) is 29.7 Å². The molecule has 0 aliphatic carbocycles. The fourth-order valence-electron chi connectivity index (χ4n) is 3.97. The number of pyridine rings is 1. The Balaban J connectivity index is 1.58. The Morgan fingerprint density at radius 1 is 1.09 bits per heavy atom. The SMILES string of the molecule is COc1cc(Nc2cc(C#N)cn3cc(-c4ccc(F)cc4C)nc23)ccc1-c1ocnc1C. The van der Waals surface area contributed by atoms with E-state index in [1.54, 1.807) is 29.8 Å². The molecule has 0 fully saturated rings. The number of hydrogen-bond donors (Lipinski definition) is 1. The molecule has 5 aromatic rings. The Kier molecular flexibility index (Phi) is 5.22. The molecule has 0 bridgehead atoms. The van der Waals surface area contributed by atoms with Crippen molar-refractivity contribution < 1.29 is 13.5 Å². The molecule has 3 heterocycles. The van der Waals surface area contributed by atoms with Crippen LogP contribution in [0.2, 0.25) is 0 Å². The lowest BCUT2D eigenvalue weighted by Gasteiger charge is -2.12. The lowest BCUT2D eigenvalue weighted by molar-refractivity contribution is 0.415. The molecule has 0 aliphatic rings. The van der Waals surface area contributed by atoms with Crippen LogP contribution in [0.15, 0.2) is 65.7 Å². The van der Waals surface area contributed by atoms with E-state index in [0.717, 1.165) is 28.1 Å². The van der Waals surface area contributed by atoms with Crippen molar-refractivity contribution in [3.05, 3.63) is 83.9 Å². The number of hydrogen-bond acceptors (Lipinski definition) is 6. The first-order valence-corrected chi connectivity index (χ1v) is 10.5. The van der Waals surface area contributed by atoms with Crippen LogP contribution in [0.25, 0.3) is 28.2 Å². The predicted octanol–water partition coefficient (Wildman–Crippen LogP) is 6.04. The van der Waals surface area contributed by atoms with E-state index in [4.69, 9.17) is 14.1 Å². The molecule has 0 saturated heterocycles. The van der Waals surface area contributed by atoms with Crippen LogP contribution in [-0.4, -0.2) is 21.5 Å². The molecule has 3 aromatic heterocycles. The Morgan fingerprint density at radius 3 is 2.62 bits per heavy atom. The Bertz CT molecular complexity index is 1580. The molecule has 2 aromatic carbocycles. The summed E-state index contributed by atoms with van der Waals surface area (Å²) in [6.07, 6.45) is 4.95. The first kappa shape index (κ1) is 21.2. The summed E-state index contributed by atoms with van der Waals surface area (Å²) in [7, 11) is 1.59. The van der Waals surface area contributed by atoms with Gasteiger partial charge in [-0.2, -0.15) is 5.26 Å². The summed E-state index contributed by atoms with van der Waals surface area (Å²) in [5.74, 6) is 0.963. The maximum atomic E-state index is 13.6. The maximum absolute atomic E-state index is 13.6. The first-order chi connectivity index (χ1) is 16.5. The summed E-state index contributed by atoms with van der Waals surface area (Å²) >= 11 is 0. The van der Waals surface area contributed by atoms with Crippen molar-refractivity contribution in [1.82, 2.24) is 14.4 Å². The van der Waals surface area contributed by atoms with E-state index in [1.165, 1.54) is 18.5 Å². The highest BCUT2D eigenvalue weighted by Crippen LogP contribution is 2.36. The molecule has 0 atom stereocenters. The van der Waals surface area contributed by atoms with Gasteiger partial charge in [0.25, 0.3) is 0 Å². The largest absolute Gasteiger partial charge is 0.496 e. The topological polar surface area (TPSA) is 88.4 Å². The van der Waals surface area contributed by atoms with Crippen LogP contribution in [0.4, 0.5) is 15.8 Å². The van der Waals surface area contributed by atoms with Gasteiger partial charge in [-0.25, -0.2) is 14.4 Å². The molecule has 0 saturated carbocycles. The zero-order valence-electron chi connectivity index (χ0n) is 18.8. The smallest absolute Gasteiger partial charge is 0.181 e. The number of nitrogens with one attached hydrogen (secondary N) is 1. The van der Waals surface area contributed by atoms with Crippen molar-refractivity contribution in [1.29, 1.82) is 5.26 Å². The van der Waals surface area contributed by atoms with Crippen molar-refractivity contribution in [2.24, 2.45) is 0 Å². The summed E-state index contributed by atoms with van der Waals surface area (Å²) in [5.41, 5.74) is 6.33. The Labute approximate surface area is 195 Å². The normalized spacial score (nSPS) is 10.9. The standard InChI is InChI=1S/C26H20FN5O2/c1-15-8-18(27)4-6-20(15)23-13-32-12-17(11-28)9-22(26(32)31-23)30-19-5-7-21(24(10-19)33-3)25-16(2)29-14-34-25/h4-10,12-14,30H,1-3H3. The number of aryl methyl sites for hydroxylation is 2. The molecule has 0 spiro atoms. The Hall–Kier alpha value is -4.64. The third kappa shape index (κ3) is 3.73. The number of aromatic nitrogens is 3. The quantitative estimate of drug-likeness (QED) is 0.349. The van der Waals surface area contributed by atoms with Gasteiger partial charge in [-0.15, -0.1) is 0 Å². The highest BCUT2D eigenvalue weighted by atomic mass is 19.1. The molecular weight excluding hydrogens is 433 g/mol. The Morgan fingerprint density at radius 2 is 1.91 bits per heavy atom. The van der Waals surface area contributed by atoms with E-state index >= 15 is 0 Å². The van der Waals surface area contributed by atoms with Gasteiger partial charge < -0.3 is 18.9 Å². The second-order valence-electron chi connectivity index (χ2n) is 7.88. The van der Waals surface area contributed by atoms with Crippen LogP contribution in [0.3, 0.4) is 0 Å². The number of nitriles is 1. The third-order valence-electron chi connectivity index (χ3n) is 5.62. The molecule has 34 heavy (non-hydrogen) atoms. The number of oxazole rings is 1. The molecule has 7 nitrogen and oxygen atoms in total. The van der Waals surface area contributed by atoms with Crippen molar-refractivity contribution >= 4 is 17.0 Å². The minimum Gasteiger partial charge on any atom is -0.496 e. The van der Waals surface area contributed by atoms with Crippen LogP contribution < -0.4 is 10.1 Å². The number of methoxy groups -OCH3 is 1. The van der Waals surface area contributed by atoms with Crippen molar-refractivity contribution in [3.8, 4) is 34.4 Å². The number of imidazole rings is 1. The van der Waals surface area contributed by atoms with Gasteiger partial charge in [0.2, 0.25) is 0 Å². The number of benzene rings is 2. The number of anilines is 2. The summed E-state index contributed by atoms with van der Waals surface area (Å²) in [5, 5.41) is 12.9. The lowest BCUT2D eigenvalue weighted by Crippen LogP contribution is -1.98. The zero-order chi connectivity index (χ0) is 23.8. The van der Waals surface area contributed by atoms with Gasteiger partial charge >= 0.3 is 0 Å². The van der Waals surface area contributed by atoms with E-state index in [2.05, 4.69) is 16.4 Å². The van der Waals surface area contributed by atoms with Crippen LogP contribution in [0.1, 0.15) is 16.8 Å². The third-order valence-corrected chi connectivity index (χ3v) is 5.62. The van der Waals surface area contributed by atoms with Gasteiger partial charge in [0.1, 0.15) is 17.6 Å². The van der Waals surface area contributed by atoms with Crippen molar-refractivity contribution in [3.63, 3.8) is 0 Å². The van der Waals surface area contributed by atoms with Crippen molar-refractivity contribution in [2.75, 3.05) is 12.4 Å². The molecule has 8 heteroatoms. The van der Waals surface area contributed by atoms with Gasteiger partial charge in [0.15, 0.2) is 17.8 Å². The van der Waals surface area contributed by atoms with Gasteiger partial charge in [-0.3, -0.25) is 0 Å². The number of rotatable bonds is 5. The molecule has 1 N–H and O–H groups in total. The van der Waals surface area contributed by atoms with E-state index in [1.807, 2.05) is 38.2 Å².